The summed E-state index contributed by atoms with van der Waals surface area (Å²) in [6.45, 7) is 0.0140. The highest BCUT2D eigenvalue weighted by molar-refractivity contribution is 7.91. The third kappa shape index (κ3) is 3.63. The molecule has 1 N–H and O–H groups in total. The molecule has 0 unspecified atom stereocenters. The number of sulfonamides is 1. The highest BCUT2D eigenvalue weighted by atomic mass is 32.2. The van der Waals surface area contributed by atoms with E-state index in [2.05, 4.69) is 4.72 Å². The molecule has 0 atom stereocenters. The van der Waals surface area contributed by atoms with Crippen LogP contribution >= 0.6 is 11.3 Å². The van der Waals surface area contributed by atoms with Gasteiger partial charge in [0, 0.05) is 18.7 Å². The van der Waals surface area contributed by atoms with Gasteiger partial charge < -0.3 is 0 Å². The summed E-state index contributed by atoms with van der Waals surface area (Å²) >= 11 is 0.880. The van der Waals surface area contributed by atoms with Gasteiger partial charge >= 0.3 is 0 Å². The first-order valence-corrected chi connectivity index (χ1v) is 7.95. The van der Waals surface area contributed by atoms with Crippen molar-refractivity contribution in [3.8, 4) is 6.07 Å². The summed E-state index contributed by atoms with van der Waals surface area (Å²) in [5.74, 6) is 0. The van der Waals surface area contributed by atoms with Crippen LogP contribution in [0.5, 0.6) is 0 Å². The molecule has 21 heavy (non-hydrogen) atoms. The minimum absolute atomic E-state index is 0.0140. The predicted octanol–water partition coefficient (Wildman–Crippen LogP) is 2.01. The lowest BCUT2D eigenvalue weighted by molar-refractivity contribution is -0.384. The van der Waals surface area contributed by atoms with Gasteiger partial charge in [-0.1, -0.05) is 12.1 Å². The van der Waals surface area contributed by atoms with Gasteiger partial charge in [0.05, 0.1) is 4.92 Å². The third-order valence-corrected chi connectivity index (χ3v) is 5.45. The van der Waals surface area contributed by atoms with Crippen molar-refractivity contribution in [2.24, 2.45) is 0 Å². The topological polar surface area (TPSA) is 113 Å². The third-order valence-electron chi connectivity index (χ3n) is 2.57. The van der Waals surface area contributed by atoms with Gasteiger partial charge in [-0.25, -0.2) is 13.1 Å². The molecular formula is C12H9N3O4S2. The number of benzene rings is 1. The molecule has 0 aliphatic carbocycles. The second kappa shape index (κ2) is 6.01. The van der Waals surface area contributed by atoms with E-state index in [0.29, 0.717) is 10.4 Å². The Morgan fingerprint density at radius 3 is 2.43 bits per heavy atom. The number of hydrogen-bond acceptors (Lipinski definition) is 6. The number of hydrogen-bond donors (Lipinski definition) is 1. The van der Waals surface area contributed by atoms with Crippen LogP contribution in [-0.4, -0.2) is 13.3 Å². The Bertz CT molecular complexity index is 804. The second-order valence-electron chi connectivity index (χ2n) is 3.98. The summed E-state index contributed by atoms with van der Waals surface area (Å²) in [7, 11) is -3.69. The fourth-order valence-electron chi connectivity index (χ4n) is 1.51. The molecule has 1 heterocycles. The normalized spacial score (nSPS) is 11.0. The van der Waals surface area contributed by atoms with Crippen molar-refractivity contribution in [1.82, 2.24) is 4.72 Å². The molecule has 0 saturated carbocycles. The number of nitro benzene ring substituents is 1. The summed E-state index contributed by atoms with van der Waals surface area (Å²) in [5.41, 5.74) is 0.541. The lowest BCUT2D eigenvalue weighted by Gasteiger charge is -2.04. The largest absolute Gasteiger partial charge is 0.269 e. The molecule has 108 valence electrons. The maximum atomic E-state index is 12.0. The first kappa shape index (κ1) is 15.1. The lowest BCUT2D eigenvalue weighted by atomic mass is 10.2. The molecule has 0 radical (unpaired) electrons. The SMILES string of the molecule is N#Cc1ccc(S(=O)(=O)NCc2ccc([N+](=O)[O-])cc2)s1. The van der Waals surface area contributed by atoms with Gasteiger partial charge in [0.1, 0.15) is 15.2 Å². The molecule has 0 aliphatic rings. The van der Waals surface area contributed by atoms with E-state index in [-0.39, 0.29) is 16.4 Å². The monoisotopic (exact) mass is 323 g/mol. The highest BCUT2D eigenvalue weighted by Gasteiger charge is 2.16. The summed E-state index contributed by atoms with van der Waals surface area (Å²) in [6.07, 6.45) is 0. The van der Waals surface area contributed by atoms with Crippen LogP contribution in [0.4, 0.5) is 5.69 Å². The van der Waals surface area contributed by atoms with E-state index in [1.54, 1.807) is 0 Å². The minimum atomic E-state index is -3.69. The first-order valence-electron chi connectivity index (χ1n) is 5.65. The van der Waals surface area contributed by atoms with Gasteiger partial charge in [-0.05, 0) is 17.7 Å². The molecule has 0 aliphatic heterocycles. The second-order valence-corrected chi connectivity index (χ2v) is 7.06. The number of rotatable bonds is 5. The molecule has 2 rings (SSSR count). The predicted molar refractivity (Wildman–Crippen MR) is 76.2 cm³/mol. The average molecular weight is 323 g/mol. The van der Waals surface area contributed by atoms with Gasteiger partial charge in [0.2, 0.25) is 10.0 Å². The van der Waals surface area contributed by atoms with Crippen LogP contribution < -0.4 is 4.72 Å². The van der Waals surface area contributed by atoms with Crippen molar-refractivity contribution in [2.45, 2.75) is 10.8 Å². The van der Waals surface area contributed by atoms with Crippen LogP contribution in [0.15, 0.2) is 40.6 Å². The molecule has 0 saturated heterocycles. The van der Waals surface area contributed by atoms with Crippen molar-refractivity contribution in [3.05, 3.63) is 57.0 Å². The Balaban J connectivity index is 2.08. The number of thiophene rings is 1. The number of nitrogens with zero attached hydrogens (tertiary/aromatic N) is 2. The molecule has 9 heteroatoms. The molecule has 1 aromatic carbocycles. The zero-order valence-corrected chi connectivity index (χ0v) is 12.1. The maximum Gasteiger partial charge on any atom is 0.269 e. The maximum absolute atomic E-state index is 12.0. The Kier molecular flexibility index (Phi) is 4.32. The molecule has 0 amide bonds. The highest BCUT2D eigenvalue weighted by Crippen LogP contribution is 2.21. The van der Waals surface area contributed by atoms with Gasteiger partial charge in [-0.15, -0.1) is 11.3 Å². The fourth-order valence-corrected chi connectivity index (χ4v) is 3.68. The van der Waals surface area contributed by atoms with E-state index in [4.69, 9.17) is 5.26 Å². The van der Waals surface area contributed by atoms with Crippen LogP contribution in [0.2, 0.25) is 0 Å². The van der Waals surface area contributed by atoms with E-state index in [9.17, 15) is 18.5 Å². The molecule has 1 aromatic heterocycles. The van der Waals surface area contributed by atoms with Gasteiger partial charge in [-0.3, -0.25) is 10.1 Å². The Labute approximate surface area is 124 Å². The van der Waals surface area contributed by atoms with Gasteiger partial charge in [0.25, 0.3) is 5.69 Å². The van der Waals surface area contributed by atoms with Crippen molar-refractivity contribution < 1.29 is 13.3 Å². The van der Waals surface area contributed by atoms with Gasteiger partial charge in [0.15, 0.2) is 0 Å². The van der Waals surface area contributed by atoms with Crippen LogP contribution in [0.25, 0.3) is 0 Å². The summed E-state index contributed by atoms with van der Waals surface area (Å²) in [6, 6.07) is 10.3. The molecule has 2 aromatic rings. The fraction of sp³-hybridized carbons (Fsp3) is 0.0833. The van der Waals surface area contributed by atoms with Crippen molar-refractivity contribution >= 4 is 27.0 Å². The summed E-state index contributed by atoms with van der Waals surface area (Å²) < 4.78 is 26.4. The number of non-ortho nitro benzene ring substituents is 1. The van der Waals surface area contributed by atoms with E-state index in [1.165, 1.54) is 36.4 Å². The standard InChI is InChI=1S/C12H9N3O4S2/c13-7-11-5-6-12(20-11)21(18,19)14-8-9-1-3-10(4-2-9)15(16)17/h1-6,14H,8H2. The van der Waals surface area contributed by atoms with Crippen LogP contribution in [0.1, 0.15) is 10.4 Å². The Hall–Kier alpha value is -2.28. The van der Waals surface area contributed by atoms with Gasteiger partial charge in [-0.2, -0.15) is 5.26 Å². The molecular weight excluding hydrogens is 314 g/mol. The van der Waals surface area contributed by atoms with Crippen molar-refractivity contribution in [3.63, 3.8) is 0 Å². The zero-order chi connectivity index (χ0) is 15.5. The lowest BCUT2D eigenvalue weighted by Crippen LogP contribution is -2.22. The Morgan fingerprint density at radius 1 is 1.24 bits per heavy atom. The number of nitro groups is 1. The van der Waals surface area contributed by atoms with Crippen LogP contribution in [-0.2, 0) is 16.6 Å². The number of nitrogens with one attached hydrogen (secondary N) is 1. The summed E-state index contributed by atoms with van der Waals surface area (Å²) in [5, 5.41) is 19.2. The average Bonchev–Trinajstić information content (AvgIpc) is 2.95. The van der Waals surface area contributed by atoms with E-state index < -0.39 is 14.9 Å². The van der Waals surface area contributed by atoms with E-state index >= 15 is 0 Å². The molecule has 0 spiro atoms. The number of nitriles is 1. The Morgan fingerprint density at radius 2 is 1.90 bits per heavy atom. The smallest absolute Gasteiger partial charge is 0.258 e. The first-order chi connectivity index (χ1) is 9.92. The molecule has 0 bridgehead atoms. The van der Waals surface area contributed by atoms with Crippen molar-refractivity contribution in [2.75, 3.05) is 0 Å². The molecule has 0 fully saturated rings. The van der Waals surface area contributed by atoms with E-state index in [1.807, 2.05) is 6.07 Å². The minimum Gasteiger partial charge on any atom is -0.258 e. The van der Waals surface area contributed by atoms with Crippen LogP contribution in [0, 0.1) is 21.4 Å². The molecule has 7 nitrogen and oxygen atoms in total. The van der Waals surface area contributed by atoms with E-state index in [0.717, 1.165) is 11.3 Å². The summed E-state index contributed by atoms with van der Waals surface area (Å²) in [4.78, 5) is 10.3. The van der Waals surface area contributed by atoms with Crippen LogP contribution in [0.3, 0.4) is 0 Å². The zero-order valence-electron chi connectivity index (χ0n) is 10.5. The van der Waals surface area contributed by atoms with Crippen molar-refractivity contribution in [1.29, 1.82) is 5.26 Å². The quantitative estimate of drug-likeness (QED) is 0.668.